The average Bonchev–Trinajstić information content (AvgIpc) is 2.97. The van der Waals surface area contributed by atoms with Crippen LogP contribution >= 0.6 is 0 Å². The molecule has 1 saturated carbocycles. The van der Waals surface area contributed by atoms with Gasteiger partial charge in [0.25, 0.3) is 0 Å². The second-order valence-corrected chi connectivity index (χ2v) is 6.75. The van der Waals surface area contributed by atoms with Crippen molar-refractivity contribution in [3.8, 4) is 0 Å². The summed E-state index contributed by atoms with van der Waals surface area (Å²) in [5.74, 6) is 0. The van der Waals surface area contributed by atoms with Gasteiger partial charge in [0, 0.05) is 6.04 Å². The van der Waals surface area contributed by atoms with E-state index >= 15 is 0 Å². The van der Waals surface area contributed by atoms with E-state index < -0.39 is 0 Å². The normalized spacial score (nSPS) is 20.1. The van der Waals surface area contributed by atoms with Crippen LogP contribution in [0.15, 0.2) is 24.3 Å². The summed E-state index contributed by atoms with van der Waals surface area (Å²) in [6.45, 7) is 9.17. The van der Waals surface area contributed by atoms with Crippen LogP contribution in [0.1, 0.15) is 57.7 Å². The molecule has 1 aromatic carbocycles. The van der Waals surface area contributed by atoms with Gasteiger partial charge in [-0.05, 0) is 41.8 Å². The van der Waals surface area contributed by atoms with Crippen LogP contribution in [0.5, 0.6) is 0 Å². The number of hydrogen-bond donors (Lipinski definition) is 1. The molecule has 94 valence electrons. The first kappa shape index (κ1) is 12.6. The number of benzene rings is 1. The molecule has 0 aromatic heterocycles. The summed E-state index contributed by atoms with van der Waals surface area (Å²) >= 11 is 0. The molecule has 1 fully saturated rings. The smallest absolute Gasteiger partial charge is 0.0372 e. The highest BCUT2D eigenvalue weighted by Gasteiger charge is 2.44. The fraction of sp³-hybridized carbons (Fsp3) is 0.625. The molecule has 1 aromatic rings. The molecule has 0 amide bonds. The third-order valence-corrected chi connectivity index (χ3v) is 4.13. The van der Waals surface area contributed by atoms with E-state index in [4.69, 9.17) is 0 Å². The monoisotopic (exact) mass is 231 g/mol. The second-order valence-electron chi connectivity index (χ2n) is 6.75. The van der Waals surface area contributed by atoms with Crippen LogP contribution in [0.3, 0.4) is 0 Å². The number of nitrogens with one attached hydrogen (secondary N) is 1. The highest BCUT2D eigenvalue weighted by atomic mass is 14.9. The zero-order chi connectivity index (χ0) is 12.7. The third-order valence-electron chi connectivity index (χ3n) is 4.13. The largest absolute Gasteiger partial charge is 0.313 e. The predicted octanol–water partition coefficient (Wildman–Crippen LogP) is 4.04. The van der Waals surface area contributed by atoms with Crippen molar-refractivity contribution >= 4 is 0 Å². The molecule has 17 heavy (non-hydrogen) atoms. The standard InChI is InChI=1S/C16H25N/c1-15(2,3)13-8-6-12(7-9-13)14(17-5)16(4)10-11-16/h6-9,14,17H,10-11H2,1-5H3. The van der Waals surface area contributed by atoms with Crippen LogP contribution < -0.4 is 5.32 Å². The average molecular weight is 231 g/mol. The van der Waals surface area contributed by atoms with E-state index in [0.717, 1.165) is 0 Å². The summed E-state index contributed by atoms with van der Waals surface area (Å²) in [6, 6.07) is 9.67. The second kappa shape index (κ2) is 4.13. The molecule has 0 spiro atoms. The Morgan fingerprint density at radius 2 is 1.65 bits per heavy atom. The molecule has 0 bridgehead atoms. The van der Waals surface area contributed by atoms with E-state index in [1.54, 1.807) is 0 Å². The van der Waals surface area contributed by atoms with Gasteiger partial charge in [-0.3, -0.25) is 0 Å². The topological polar surface area (TPSA) is 12.0 Å². The Kier molecular flexibility index (Phi) is 3.07. The zero-order valence-electron chi connectivity index (χ0n) is 11.8. The van der Waals surface area contributed by atoms with Crippen molar-refractivity contribution in [3.63, 3.8) is 0 Å². The van der Waals surface area contributed by atoms with E-state index in [-0.39, 0.29) is 5.41 Å². The first-order valence-corrected chi connectivity index (χ1v) is 6.64. The van der Waals surface area contributed by atoms with Crippen molar-refractivity contribution in [2.45, 2.75) is 52.0 Å². The van der Waals surface area contributed by atoms with E-state index in [1.165, 1.54) is 24.0 Å². The summed E-state index contributed by atoms with van der Waals surface area (Å²) in [4.78, 5) is 0. The van der Waals surface area contributed by atoms with E-state index in [9.17, 15) is 0 Å². The Hall–Kier alpha value is -0.820. The van der Waals surface area contributed by atoms with Crippen LogP contribution in [0.4, 0.5) is 0 Å². The van der Waals surface area contributed by atoms with Crippen LogP contribution in [-0.4, -0.2) is 7.05 Å². The van der Waals surface area contributed by atoms with Crippen LogP contribution in [0.2, 0.25) is 0 Å². The Balaban J connectivity index is 2.23. The lowest BCUT2D eigenvalue weighted by atomic mass is 9.84. The molecule has 1 aliphatic rings. The third kappa shape index (κ3) is 2.55. The first-order valence-electron chi connectivity index (χ1n) is 6.64. The molecule has 1 N–H and O–H groups in total. The molecule has 1 atom stereocenters. The minimum atomic E-state index is 0.247. The highest BCUT2D eigenvalue weighted by Crippen LogP contribution is 2.54. The van der Waals surface area contributed by atoms with Gasteiger partial charge < -0.3 is 5.32 Å². The molecule has 1 nitrogen and oxygen atoms in total. The minimum Gasteiger partial charge on any atom is -0.313 e. The van der Waals surface area contributed by atoms with Gasteiger partial charge >= 0.3 is 0 Å². The van der Waals surface area contributed by atoms with Gasteiger partial charge in [-0.2, -0.15) is 0 Å². The van der Waals surface area contributed by atoms with Crippen molar-refractivity contribution in [1.82, 2.24) is 5.32 Å². The fourth-order valence-corrected chi connectivity index (χ4v) is 2.58. The lowest BCUT2D eigenvalue weighted by molar-refractivity contribution is 0.390. The lowest BCUT2D eigenvalue weighted by Crippen LogP contribution is -2.24. The van der Waals surface area contributed by atoms with Gasteiger partial charge in [0.05, 0.1) is 0 Å². The Morgan fingerprint density at radius 3 is 2.00 bits per heavy atom. The molecule has 0 saturated heterocycles. The summed E-state index contributed by atoms with van der Waals surface area (Å²) in [5, 5.41) is 3.48. The first-order chi connectivity index (χ1) is 7.87. The molecule has 1 aliphatic carbocycles. The summed E-state index contributed by atoms with van der Waals surface area (Å²) in [7, 11) is 2.08. The maximum Gasteiger partial charge on any atom is 0.0372 e. The number of rotatable bonds is 3. The molecule has 0 heterocycles. The maximum atomic E-state index is 3.48. The Morgan fingerprint density at radius 1 is 1.12 bits per heavy atom. The zero-order valence-corrected chi connectivity index (χ0v) is 11.8. The molecule has 0 aliphatic heterocycles. The molecule has 2 rings (SSSR count). The van der Waals surface area contributed by atoms with Crippen molar-refractivity contribution in [1.29, 1.82) is 0 Å². The van der Waals surface area contributed by atoms with Crippen molar-refractivity contribution in [3.05, 3.63) is 35.4 Å². The summed E-state index contributed by atoms with van der Waals surface area (Å²) < 4.78 is 0. The van der Waals surface area contributed by atoms with Gasteiger partial charge in [-0.15, -0.1) is 0 Å². The quantitative estimate of drug-likeness (QED) is 0.827. The maximum absolute atomic E-state index is 3.48. The highest BCUT2D eigenvalue weighted by molar-refractivity contribution is 5.31. The van der Waals surface area contributed by atoms with E-state index in [2.05, 4.69) is 64.3 Å². The van der Waals surface area contributed by atoms with Gasteiger partial charge in [0.15, 0.2) is 0 Å². The van der Waals surface area contributed by atoms with Gasteiger partial charge in [-0.25, -0.2) is 0 Å². The van der Waals surface area contributed by atoms with Crippen LogP contribution in [-0.2, 0) is 5.41 Å². The predicted molar refractivity (Wildman–Crippen MR) is 74.3 cm³/mol. The van der Waals surface area contributed by atoms with Crippen molar-refractivity contribution in [2.75, 3.05) is 7.05 Å². The Bertz CT molecular complexity index is 379. The fourth-order valence-electron chi connectivity index (χ4n) is 2.58. The molecule has 1 heteroatoms. The molecular formula is C16H25N. The molecule has 1 unspecified atom stereocenters. The van der Waals surface area contributed by atoms with Gasteiger partial charge in [-0.1, -0.05) is 52.0 Å². The molecular weight excluding hydrogens is 206 g/mol. The summed E-state index contributed by atoms with van der Waals surface area (Å²) in [6.07, 6.45) is 2.69. The summed E-state index contributed by atoms with van der Waals surface area (Å²) in [5.41, 5.74) is 3.58. The number of hydrogen-bond acceptors (Lipinski definition) is 1. The lowest BCUT2D eigenvalue weighted by Gasteiger charge is -2.25. The Labute approximate surface area is 106 Å². The van der Waals surface area contributed by atoms with Crippen LogP contribution in [0, 0.1) is 5.41 Å². The SMILES string of the molecule is CNC(c1ccc(C(C)(C)C)cc1)C1(C)CC1. The van der Waals surface area contributed by atoms with Crippen molar-refractivity contribution < 1.29 is 0 Å². The van der Waals surface area contributed by atoms with E-state index in [0.29, 0.717) is 11.5 Å². The van der Waals surface area contributed by atoms with Gasteiger partial charge in [0.2, 0.25) is 0 Å². The molecule has 0 radical (unpaired) electrons. The van der Waals surface area contributed by atoms with Gasteiger partial charge in [0.1, 0.15) is 0 Å². The van der Waals surface area contributed by atoms with Crippen molar-refractivity contribution in [2.24, 2.45) is 5.41 Å². The van der Waals surface area contributed by atoms with E-state index in [1.807, 2.05) is 0 Å². The minimum absolute atomic E-state index is 0.247. The van der Waals surface area contributed by atoms with Crippen LogP contribution in [0.25, 0.3) is 0 Å².